The Kier molecular flexibility index (Phi) is 7.32. The second-order valence-corrected chi connectivity index (χ2v) is 7.20. The number of esters is 1. The maximum atomic E-state index is 12.3. The molecule has 160 valence electrons. The van der Waals surface area contributed by atoms with Crippen LogP contribution in [-0.4, -0.2) is 42.8 Å². The summed E-state index contributed by atoms with van der Waals surface area (Å²) in [4.78, 5) is 49.8. The highest BCUT2D eigenvalue weighted by atomic mass is 16.5. The number of nitrogens with one attached hydrogen (secondary N) is 1. The molecule has 1 atom stereocenters. The summed E-state index contributed by atoms with van der Waals surface area (Å²) < 4.78 is 5.04. The SMILES string of the molecule is C[C@H](NC(=O)/C=C/c1ccccc1)C(=O)OCC(=O)c1ccc(N2CCCC2=O)cc1. The molecule has 1 aliphatic heterocycles. The molecule has 2 aromatic carbocycles. The quantitative estimate of drug-likeness (QED) is 0.403. The lowest BCUT2D eigenvalue weighted by molar-refractivity contribution is -0.145. The van der Waals surface area contributed by atoms with Crippen LogP contribution in [0.5, 0.6) is 0 Å². The molecule has 0 saturated carbocycles. The third-order valence-corrected chi connectivity index (χ3v) is 4.86. The first-order valence-electron chi connectivity index (χ1n) is 10.1. The van der Waals surface area contributed by atoms with Crippen LogP contribution in [0.3, 0.4) is 0 Å². The molecule has 1 saturated heterocycles. The fourth-order valence-electron chi connectivity index (χ4n) is 3.15. The van der Waals surface area contributed by atoms with Gasteiger partial charge < -0.3 is 15.0 Å². The van der Waals surface area contributed by atoms with Crippen LogP contribution in [0, 0.1) is 0 Å². The highest BCUT2D eigenvalue weighted by molar-refractivity contribution is 6.00. The molecule has 0 radical (unpaired) electrons. The first-order valence-corrected chi connectivity index (χ1v) is 10.1. The van der Waals surface area contributed by atoms with Gasteiger partial charge in [0.1, 0.15) is 6.04 Å². The molecule has 7 nitrogen and oxygen atoms in total. The van der Waals surface area contributed by atoms with Crippen molar-refractivity contribution >= 4 is 35.3 Å². The van der Waals surface area contributed by atoms with Crippen LogP contribution in [0.25, 0.3) is 6.08 Å². The van der Waals surface area contributed by atoms with Crippen molar-refractivity contribution in [3.63, 3.8) is 0 Å². The first kappa shape index (κ1) is 22.0. The number of carbonyl (C=O) groups is 4. The van der Waals surface area contributed by atoms with Crippen LogP contribution in [0.2, 0.25) is 0 Å². The average Bonchev–Trinajstić information content (AvgIpc) is 3.22. The van der Waals surface area contributed by atoms with Crippen molar-refractivity contribution in [2.24, 2.45) is 0 Å². The van der Waals surface area contributed by atoms with Gasteiger partial charge in [-0.05, 0) is 49.2 Å². The van der Waals surface area contributed by atoms with E-state index in [4.69, 9.17) is 4.74 Å². The van der Waals surface area contributed by atoms with Gasteiger partial charge >= 0.3 is 5.97 Å². The molecule has 0 aliphatic carbocycles. The van der Waals surface area contributed by atoms with Gasteiger partial charge in [-0.1, -0.05) is 30.3 Å². The van der Waals surface area contributed by atoms with Crippen molar-refractivity contribution in [2.75, 3.05) is 18.1 Å². The molecule has 1 N–H and O–H groups in total. The van der Waals surface area contributed by atoms with Gasteiger partial charge in [0.15, 0.2) is 12.4 Å². The van der Waals surface area contributed by atoms with Crippen molar-refractivity contribution < 1.29 is 23.9 Å². The Morgan fingerprint density at radius 3 is 2.45 bits per heavy atom. The summed E-state index contributed by atoms with van der Waals surface area (Å²) in [6.45, 7) is 1.73. The predicted octanol–water partition coefficient (Wildman–Crippen LogP) is 2.76. The van der Waals surface area contributed by atoms with E-state index in [1.807, 2.05) is 30.3 Å². The molecule has 1 aliphatic rings. The van der Waals surface area contributed by atoms with Crippen molar-refractivity contribution in [3.8, 4) is 0 Å². The van der Waals surface area contributed by atoms with E-state index >= 15 is 0 Å². The number of nitrogens with zero attached hydrogens (tertiary/aromatic N) is 1. The number of ketones is 1. The van der Waals surface area contributed by atoms with Crippen LogP contribution in [0.4, 0.5) is 5.69 Å². The van der Waals surface area contributed by atoms with E-state index < -0.39 is 24.5 Å². The second kappa shape index (κ2) is 10.3. The van der Waals surface area contributed by atoms with E-state index in [-0.39, 0.29) is 11.7 Å². The predicted molar refractivity (Wildman–Crippen MR) is 116 cm³/mol. The summed E-state index contributed by atoms with van der Waals surface area (Å²) in [5.41, 5.74) is 1.99. The number of amides is 2. The third-order valence-electron chi connectivity index (χ3n) is 4.86. The van der Waals surface area contributed by atoms with Gasteiger partial charge in [-0.25, -0.2) is 4.79 Å². The molecule has 31 heavy (non-hydrogen) atoms. The largest absolute Gasteiger partial charge is 0.456 e. The first-order chi connectivity index (χ1) is 14.9. The van der Waals surface area contributed by atoms with Gasteiger partial charge in [-0.3, -0.25) is 14.4 Å². The van der Waals surface area contributed by atoms with Crippen LogP contribution >= 0.6 is 0 Å². The maximum absolute atomic E-state index is 12.3. The van der Waals surface area contributed by atoms with Crippen LogP contribution in [0.1, 0.15) is 35.7 Å². The van der Waals surface area contributed by atoms with Crippen molar-refractivity contribution in [1.82, 2.24) is 5.32 Å². The zero-order valence-electron chi connectivity index (χ0n) is 17.2. The smallest absolute Gasteiger partial charge is 0.328 e. The van der Waals surface area contributed by atoms with E-state index in [1.165, 1.54) is 13.0 Å². The number of hydrogen-bond donors (Lipinski definition) is 1. The molecule has 0 spiro atoms. The Labute approximate surface area is 180 Å². The summed E-state index contributed by atoms with van der Waals surface area (Å²) >= 11 is 0. The lowest BCUT2D eigenvalue weighted by atomic mass is 10.1. The topological polar surface area (TPSA) is 92.8 Å². The Morgan fingerprint density at radius 2 is 1.81 bits per heavy atom. The van der Waals surface area contributed by atoms with E-state index in [0.29, 0.717) is 18.5 Å². The van der Waals surface area contributed by atoms with Gasteiger partial charge in [0.2, 0.25) is 11.8 Å². The number of benzene rings is 2. The Hall–Kier alpha value is -3.74. The standard InChI is InChI=1S/C24H24N2O5/c1-17(25-22(28)14-9-18-6-3-2-4-7-18)24(30)31-16-21(27)19-10-12-20(13-11-19)26-15-5-8-23(26)29/h2-4,6-7,9-14,17H,5,8,15-16H2,1H3,(H,25,28)/b14-9+/t17-/m0/s1. The van der Waals surface area contributed by atoms with Crippen LogP contribution in [-0.2, 0) is 19.1 Å². The zero-order chi connectivity index (χ0) is 22.2. The number of anilines is 1. The lowest BCUT2D eigenvalue weighted by Crippen LogP contribution is -2.39. The fourth-order valence-corrected chi connectivity index (χ4v) is 3.15. The minimum Gasteiger partial charge on any atom is -0.456 e. The molecule has 0 bridgehead atoms. The maximum Gasteiger partial charge on any atom is 0.328 e. The number of Topliss-reactive ketones (excluding diaryl/α,β-unsaturated/α-hetero) is 1. The minimum absolute atomic E-state index is 0.0719. The molecule has 3 rings (SSSR count). The fraction of sp³-hybridized carbons (Fsp3) is 0.250. The van der Waals surface area contributed by atoms with Gasteiger partial charge in [0.05, 0.1) is 0 Å². The molecule has 2 aromatic rings. The monoisotopic (exact) mass is 420 g/mol. The van der Waals surface area contributed by atoms with E-state index in [0.717, 1.165) is 17.7 Å². The number of rotatable bonds is 8. The molecule has 7 heteroatoms. The molecule has 1 fully saturated rings. The number of hydrogen-bond acceptors (Lipinski definition) is 5. The van der Waals surface area contributed by atoms with Crippen LogP contribution < -0.4 is 10.2 Å². The lowest BCUT2D eigenvalue weighted by Gasteiger charge is -2.16. The van der Waals surface area contributed by atoms with E-state index in [9.17, 15) is 19.2 Å². The number of ether oxygens (including phenoxy) is 1. The van der Waals surface area contributed by atoms with Gasteiger partial charge in [0.25, 0.3) is 0 Å². The molecule has 0 unspecified atom stereocenters. The molecular weight excluding hydrogens is 396 g/mol. The normalized spacial score (nSPS) is 14.5. The molecule has 0 aromatic heterocycles. The van der Waals surface area contributed by atoms with E-state index in [1.54, 1.807) is 35.2 Å². The molecule has 1 heterocycles. The summed E-state index contributed by atoms with van der Waals surface area (Å²) in [5.74, 6) is -1.43. The highest BCUT2D eigenvalue weighted by Gasteiger charge is 2.22. The Morgan fingerprint density at radius 1 is 1.10 bits per heavy atom. The summed E-state index contributed by atoms with van der Waals surface area (Å²) in [6.07, 6.45) is 4.33. The summed E-state index contributed by atoms with van der Waals surface area (Å²) in [7, 11) is 0. The second-order valence-electron chi connectivity index (χ2n) is 7.20. The van der Waals surface area contributed by atoms with Crippen LogP contribution in [0.15, 0.2) is 60.7 Å². The van der Waals surface area contributed by atoms with Gasteiger partial charge in [-0.15, -0.1) is 0 Å². The van der Waals surface area contributed by atoms with E-state index in [2.05, 4.69) is 5.32 Å². The molecular formula is C24H24N2O5. The minimum atomic E-state index is -0.899. The zero-order valence-corrected chi connectivity index (χ0v) is 17.2. The third kappa shape index (κ3) is 6.12. The van der Waals surface area contributed by atoms with Gasteiger partial charge in [0, 0.05) is 30.3 Å². The highest BCUT2D eigenvalue weighted by Crippen LogP contribution is 2.21. The Balaban J connectivity index is 1.45. The summed E-state index contributed by atoms with van der Waals surface area (Å²) in [6, 6.07) is 15.0. The molecule has 2 amide bonds. The average molecular weight is 420 g/mol. The van der Waals surface area contributed by atoms with Crippen molar-refractivity contribution in [3.05, 3.63) is 71.8 Å². The number of carbonyl (C=O) groups excluding carboxylic acids is 4. The Bertz CT molecular complexity index is 983. The summed E-state index contributed by atoms with van der Waals surface area (Å²) in [5, 5.41) is 2.51. The van der Waals surface area contributed by atoms with Crippen molar-refractivity contribution in [1.29, 1.82) is 0 Å². The van der Waals surface area contributed by atoms with Gasteiger partial charge in [-0.2, -0.15) is 0 Å². The van der Waals surface area contributed by atoms with Crippen molar-refractivity contribution in [2.45, 2.75) is 25.8 Å².